The zero-order valence-electron chi connectivity index (χ0n) is 17.3. The van der Waals surface area contributed by atoms with Crippen molar-refractivity contribution in [1.82, 2.24) is 5.32 Å². The molecule has 2 amide bonds. The summed E-state index contributed by atoms with van der Waals surface area (Å²) in [7, 11) is 0. The molecule has 0 unspecified atom stereocenters. The van der Waals surface area contributed by atoms with Gasteiger partial charge in [-0.05, 0) is 37.5 Å². The number of nitrogens with zero attached hydrogens (tertiary/aromatic N) is 3. The second-order valence-corrected chi connectivity index (χ2v) is 9.74. The minimum atomic E-state index is -2.11. The quantitative estimate of drug-likeness (QED) is 0.462. The summed E-state index contributed by atoms with van der Waals surface area (Å²) >= 11 is 16.5. The van der Waals surface area contributed by atoms with Crippen molar-refractivity contribution in [3.05, 3.63) is 46.7 Å². The van der Waals surface area contributed by atoms with Crippen LogP contribution >= 0.6 is 34.8 Å². The number of amides is 2. The van der Waals surface area contributed by atoms with Gasteiger partial charge in [0, 0.05) is 13.1 Å². The molecule has 0 spiro atoms. The van der Waals surface area contributed by atoms with E-state index < -0.39 is 27.7 Å². The molecule has 0 bridgehead atoms. The Hall–Kier alpha value is -2.21. The first-order valence-corrected chi connectivity index (χ1v) is 11.2. The van der Waals surface area contributed by atoms with Crippen LogP contribution in [0.4, 0.5) is 20.6 Å². The Bertz CT molecular complexity index is 964. The summed E-state index contributed by atoms with van der Waals surface area (Å²) in [6.07, 6.45) is 0.857. The van der Waals surface area contributed by atoms with Gasteiger partial charge in [0.1, 0.15) is 11.9 Å². The molecule has 0 radical (unpaired) electrons. The van der Waals surface area contributed by atoms with Crippen molar-refractivity contribution in [2.75, 3.05) is 36.0 Å². The van der Waals surface area contributed by atoms with Crippen molar-refractivity contribution < 1.29 is 18.7 Å². The molecule has 32 heavy (non-hydrogen) atoms. The number of carbonyl (C=O) groups is 2. The van der Waals surface area contributed by atoms with Gasteiger partial charge in [-0.3, -0.25) is 9.69 Å². The van der Waals surface area contributed by atoms with E-state index in [9.17, 15) is 14.0 Å². The summed E-state index contributed by atoms with van der Waals surface area (Å²) in [6, 6.07) is 4.59. The lowest BCUT2D eigenvalue weighted by Crippen LogP contribution is -2.40. The highest BCUT2D eigenvalue weighted by Gasteiger charge is 2.36. The van der Waals surface area contributed by atoms with Gasteiger partial charge in [-0.15, -0.1) is 0 Å². The molecule has 1 N–H and O–H groups in total. The zero-order valence-corrected chi connectivity index (χ0v) is 19.6. The average Bonchev–Trinajstić information content (AvgIpc) is 3.13. The van der Waals surface area contributed by atoms with Crippen molar-refractivity contribution in [1.29, 1.82) is 0 Å². The Labute approximate surface area is 200 Å². The molecule has 1 aromatic carbocycles. The molecule has 2 aliphatic heterocycles. The van der Waals surface area contributed by atoms with Crippen LogP contribution in [0.25, 0.3) is 4.85 Å². The molecule has 3 rings (SSSR count). The second-order valence-electron chi connectivity index (χ2n) is 7.46. The first-order valence-electron chi connectivity index (χ1n) is 10.1. The van der Waals surface area contributed by atoms with Crippen molar-refractivity contribution in [2.24, 2.45) is 0 Å². The molecule has 2 fully saturated rings. The lowest BCUT2D eigenvalue weighted by molar-refractivity contribution is -0.120. The second kappa shape index (κ2) is 10.2. The van der Waals surface area contributed by atoms with Crippen LogP contribution in [-0.2, 0) is 9.53 Å². The first kappa shape index (κ1) is 24.4. The number of hydrogen-bond acceptors (Lipinski definition) is 4. The molecule has 1 atom stereocenters. The fraction of sp³-hybridized carbons (Fsp3) is 0.476. The number of alkyl halides is 3. The lowest BCUT2D eigenvalue weighted by Gasteiger charge is -2.31. The predicted molar refractivity (Wildman–Crippen MR) is 123 cm³/mol. The van der Waals surface area contributed by atoms with Gasteiger partial charge in [0.15, 0.2) is 5.70 Å². The van der Waals surface area contributed by atoms with Crippen LogP contribution < -0.4 is 15.1 Å². The van der Waals surface area contributed by atoms with Gasteiger partial charge in [0.2, 0.25) is 0 Å². The number of hydrogen-bond donors (Lipinski definition) is 1. The Balaban J connectivity index is 1.63. The summed E-state index contributed by atoms with van der Waals surface area (Å²) < 4.78 is 18.0. The van der Waals surface area contributed by atoms with Crippen molar-refractivity contribution >= 4 is 58.2 Å². The highest BCUT2D eigenvalue weighted by Crippen LogP contribution is 2.31. The number of rotatable bonds is 5. The number of benzene rings is 1. The van der Waals surface area contributed by atoms with E-state index in [2.05, 4.69) is 10.2 Å². The third-order valence-corrected chi connectivity index (χ3v) is 5.97. The number of piperidine rings is 1. The van der Waals surface area contributed by atoms with E-state index in [-0.39, 0.29) is 13.1 Å². The van der Waals surface area contributed by atoms with Crippen LogP contribution in [0.2, 0.25) is 0 Å². The normalized spacial score (nSPS) is 18.9. The zero-order chi connectivity index (χ0) is 23.5. The summed E-state index contributed by atoms with van der Waals surface area (Å²) in [5.41, 5.74) is 2.74. The molecule has 7 nitrogen and oxygen atoms in total. The molecular formula is C21H22Cl3FN4O3. The van der Waals surface area contributed by atoms with Gasteiger partial charge in [-0.1, -0.05) is 47.3 Å². The number of ether oxygens (including phenoxy) is 1. The molecule has 0 saturated carbocycles. The van der Waals surface area contributed by atoms with Gasteiger partial charge < -0.3 is 15.0 Å². The maximum absolute atomic E-state index is 14.9. The maximum Gasteiger partial charge on any atom is 0.414 e. The summed E-state index contributed by atoms with van der Waals surface area (Å²) in [5, 5.41) is 2.40. The van der Waals surface area contributed by atoms with Crippen LogP contribution in [0.15, 0.2) is 29.5 Å². The van der Waals surface area contributed by atoms with Crippen molar-refractivity contribution in [3.63, 3.8) is 0 Å². The van der Waals surface area contributed by atoms with Gasteiger partial charge in [-0.25, -0.2) is 14.0 Å². The van der Waals surface area contributed by atoms with Crippen LogP contribution in [-0.4, -0.2) is 48.1 Å². The van der Waals surface area contributed by atoms with E-state index in [1.54, 1.807) is 12.1 Å². The van der Waals surface area contributed by atoms with Crippen molar-refractivity contribution in [3.8, 4) is 0 Å². The minimum Gasteiger partial charge on any atom is -0.442 e. The van der Waals surface area contributed by atoms with Gasteiger partial charge in [0.05, 0.1) is 31.0 Å². The van der Waals surface area contributed by atoms with E-state index in [1.807, 2.05) is 11.8 Å². The fourth-order valence-corrected chi connectivity index (χ4v) is 3.98. The molecule has 11 heteroatoms. The van der Waals surface area contributed by atoms with Crippen molar-refractivity contribution in [2.45, 2.75) is 36.1 Å². The van der Waals surface area contributed by atoms with Gasteiger partial charge >= 0.3 is 6.09 Å². The third-order valence-electron chi connectivity index (χ3n) is 5.45. The third kappa shape index (κ3) is 5.58. The summed E-state index contributed by atoms with van der Waals surface area (Å²) in [4.78, 5) is 30.7. The molecule has 172 valence electrons. The smallest absolute Gasteiger partial charge is 0.414 e. The Morgan fingerprint density at radius 3 is 2.59 bits per heavy atom. The van der Waals surface area contributed by atoms with Crippen LogP contribution in [0, 0.1) is 12.4 Å². The highest BCUT2D eigenvalue weighted by atomic mass is 35.6. The molecule has 0 aliphatic carbocycles. The number of halogens is 4. The Morgan fingerprint density at radius 2 is 2.03 bits per heavy atom. The van der Waals surface area contributed by atoms with E-state index in [4.69, 9.17) is 46.1 Å². The Kier molecular flexibility index (Phi) is 7.75. The number of cyclic esters (lactones) is 1. The Morgan fingerprint density at radius 1 is 1.34 bits per heavy atom. The number of anilines is 2. The van der Waals surface area contributed by atoms with Crippen LogP contribution in [0.1, 0.15) is 26.2 Å². The van der Waals surface area contributed by atoms with E-state index >= 15 is 0 Å². The van der Waals surface area contributed by atoms with E-state index in [0.717, 1.165) is 24.1 Å². The highest BCUT2D eigenvalue weighted by molar-refractivity contribution is 6.76. The van der Waals surface area contributed by atoms with Crippen LogP contribution in [0.5, 0.6) is 0 Å². The number of carbonyl (C=O) groups excluding carboxylic acids is 2. The molecule has 1 aromatic rings. The summed E-state index contributed by atoms with van der Waals surface area (Å²) in [6.45, 7) is 10.6. The van der Waals surface area contributed by atoms with E-state index in [0.29, 0.717) is 30.9 Å². The number of allylic oxidation sites excluding steroid dienone is 1. The molecule has 0 aromatic heterocycles. The predicted octanol–water partition coefficient (Wildman–Crippen LogP) is 4.82. The molecule has 2 heterocycles. The van der Waals surface area contributed by atoms with Gasteiger partial charge in [-0.2, -0.15) is 0 Å². The maximum atomic E-state index is 14.9. The lowest BCUT2D eigenvalue weighted by atomic mass is 10.00. The topological polar surface area (TPSA) is 66.2 Å². The average molecular weight is 504 g/mol. The summed E-state index contributed by atoms with van der Waals surface area (Å²) in [5.74, 6) is -1.27. The minimum absolute atomic E-state index is 0.0382. The van der Waals surface area contributed by atoms with Gasteiger partial charge in [0.25, 0.3) is 9.70 Å². The van der Waals surface area contributed by atoms with Crippen LogP contribution in [0.3, 0.4) is 0 Å². The standard InChI is InChI=1S/C21H22Cl3FN4O3/c1-3-17(26-2)13-6-8-28(9-7-13)18-5-4-14(10-16(18)25)29-12-15(32-20(29)31)11-27-19(30)21(22,23)24/h4-5,10,15H,3,6-9,11-12H2,1H3,(H,27,30)/t15-/m0/s1. The largest absolute Gasteiger partial charge is 0.442 e. The molecule has 2 saturated heterocycles. The van der Waals surface area contributed by atoms with E-state index in [1.165, 1.54) is 11.0 Å². The first-order chi connectivity index (χ1) is 15.1. The monoisotopic (exact) mass is 502 g/mol. The SMILES string of the molecule is [C-]#[N+]C(CC)=C1CCN(c2ccc(N3C[C@H](CNC(=O)C(Cl)(Cl)Cl)OC3=O)cc2F)CC1. The molecule has 2 aliphatic rings. The molecular weight excluding hydrogens is 482 g/mol. The number of nitrogens with one attached hydrogen (secondary N) is 1. The fourth-order valence-electron chi connectivity index (χ4n) is 3.78.